The molecule has 1 aromatic rings. The molecule has 0 aliphatic rings. The molecule has 1 atom stereocenters. The lowest BCUT2D eigenvalue weighted by atomic mass is 10.0. The van der Waals surface area contributed by atoms with Gasteiger partial charge in [-0.2, -0.15) is 0 Å². The maximum atomic E-state index is 11.6. The number of carbonyl (C=O) groups is 1. The van der Waals surface area contributed by atoms with Gasteiger partial charge in [-0.25, -0.2) is 8.42 Å². The van der Waals surface area contributed by atoms with Gasteiger partial charge in [-0.3, -0.25) is 0 Å². The van der Waals surface area contributed by atoms with Crippen LogP contribution in [0.15, 0.2) is 29.2 Å². The zero-order valence-electron chi connectivity index (χ0n) is 10.7. The van der Waals surface area contributed by atoms with Gasteiger partial charge in [0.05, 0.1) is 10.6 Å². The first-order valence-corrected chi connectivity index (χ1v) is 7.59. The molecular formula is C13H19NO3S. The third-order valence-corrected chi connectivity index (χ3v) is 4.61. The Morgan fingerprint density at radius 2 is 1.83 bits per heavy atom. The van der Waals surface area contributed by atoms with Crippen molar-refractivity contribution in [3.8, 4) is 0 Å². The smallest absolute Gasteiger partial charge is 0.178 e. The van der Waals surface area contributed by atoms with Gasteiger partial charge in [-0.15, -0.1) is 0 Å². The van der Waals surface area contributed by atoms with Crippen LogP contribution in [0.2, 0.25) is 0 Å². The Hall–Kier alpha value is -1.20. The van der Waals surface area contributed by atoms with Gasteiger partial charge >= 0.3 is 0 Å². The molecule has 1 aromatic carbocycles. The summed E-state index contributed by atoms with van der Waals surface area (Å²) in [4.78, 5) is 11.2. The first-order valence-electron chi connectivity index (χ1n) is 5.94. The van der Waals surface area contributed by atoms with Gasteiger partial charge in [0.25, 0.3) is 0 Å². The standard InChI is InChI=1S/C13H19NO3S/c1-3-18(16,17)12-7-5-11(6-8-12)13(14)9-4-10(2)15/h5-8,13H,3-4,9,14H2,1-2H3. The number of ketones is 1. The van der Waals surface area contributed by atoms with Gasteiger partial charge in [-0.05, 0) is 31.0 Å². The highest BCUT2D eigenvalue weighted by Crippen LogP contribution is 2.19. The summed E-state index contributed by atoms with van der Waals surface area (Å²) in [7, 11) is -3.16. The average molecular weight is 269 g/mol. The van der Waals surface area contributed by atoms with E-state index in [0.717, 1.165) is 5.56 Å². The van der Waals surface area contributed by atoms with E-state index >= 15 is 0 Å². The van der Waals surface area contributed by atoms with E-state index in [-0.39, 0.29) is 17.6 Å². The van der Waals surface area contributed by atoms with Crippen molar-refractivity contribution >= 4 is 15.6 Å². The maximum absolute atomic E-state index is 11.6. The summed E-state index contributed by atoms with van der Waals surface area (Å²) in [5.74, 6) is 0.193. The van der Waals surface area contributed by atoms with Crippen LogP contribution in [0.4, 0.5) is 0 Å². The number of hydrogen-bond donors (Lipinski definition) is 1. The van der Waals surface area contributed by atoms with E-state index in [0.29, 0.717) is 17.7 Å². The van der Waals surface area contributed by atoms with Gasteiger partial charge < -0.3 is 10.5 Å². The van der Waals surface area contributed by atoms with Crippen molar-refractivity contribution in [2.24, 2.45) is 5.73 Å². The maximum Gasteiger partial charge on any atom is 0.178 e. The van der Waals surface area contributed by atoms with E-state index in [4.69, 9.17) is 5.73 Å². The normalized spacial score (nSPS) is 13.3. The number of carbonyl (C=O) groups excluding carboxylic acids is 1. The second kappa shape index (κ2) is 6.11. The molecule has 18 heavy (non-hydrogen) atoms. The second-order valence-electron chi connectivity index (χ2n) is 4.32. The topological polar surface area (TPSA) is 77.2 Å². The van der Waals surface area contributed by atoms with Crippen LogP contribution in [0.5, 0.6) is 0 Å². The molecule has 4 nitrogen and oxygen atoms in total. The lowest BCUT2D eigenvalue weighted by Gasteiger charge is -2.11. The van der Waals surface area contributed by atoms with E-state index in [1.54, 1.807) is 31.2 Å². The molecule has 5 heteroatoms. The minimum atomic E-state index is -3.16. The first-order chi connectivity index (χ1) is 8.36. The molecule has 0 radical (unpaired) electrons. The Morgan fingerprint density at radius 3 is 2.28 bits per heavy atom. The van der Waals surface area contributed by atoms with Crippen LogP contribution >= 0.6 is 0 Å². The summed E-state index contributed by atoms with van der Waals surface area (Å²) >= 11 is 0. The fourth-order valence-corrected chi connectivity index (χ4v) is 2.50. The largest absolute Gasteiger partial charge is 0.324 e. The van der Waals surface area contributed by atoms with Gasteiger partial charge in [0.2, 0.25) is 0 Å². The van der Waals surface area contributed by atoms with Crippen LogP contribution in [0.3, 0.4) is 0 Å². The summed E-state index contributed by atoms with van der Waals surface area (Å²) in [5, 5.41) is 0. The lowest BCUT2D eigenvalue weighted by Crippen LogP contribution is -2.12. The van der Waals surface area contributed by atoms with Crippen molar-refractivity contribution in [2.75, 3.05) is 5.75 Å². The Morgan fingerprint density at radius 1 is 1.28 bits per heavy atom. The van der Waals surface area contributed by atoms with E-state index in [2.05, 4.69) is 0 Å². The molecule has 0 spiro atoms. The molecule has 1 rings (SSSR count). The minimum absolute atomic E-state index is 0.0860. The van der Waals surface area contributed by atoms with E-state index in [1.165, 1.54) is 6.92 Å². The zero-order valence-corrected chi connectivity index (χ0v) is 11.5. The van der Waals surface area contributed by atoms with Crippen molar-refractivity contribution in [3.05, 3.63) is 29.8 Å². The Labute approximate surface area is 108 Å². The quantitative estimate of drug-likeness (QED) is 0.855. The van der Waals surface area contributed by atoms with E-state index < -0.39 is 9.84 Å². The molecule has 0 fully saturated rings. The van der Waals surface area contributed by atoms with Crippen molar-refractivity contribution in [3.63, 3.8) is 0 Å². The third kappa shape index (κ3) is 3.92. The highest BCUT2D eigenvalue weighted by molar-refractivity contribution is 7.91. The molecule has 0 saturated heterocycles. The molecule has 0 heterocycles. The van der Waals surface area contributed by atoms with Crippen LogP contribution in [0.25, 0.3) is 0 Å². The molecule has 100 valence electrons. The summed E-state index contributed by atoms with van der Waals surface area (Å²) in [6, 6.07) is 6.34. The Bertz CT molecular complexity index is 506. The lowest BCUT2D eigenvalue weighted by molar-refractivity contribution is -0.117. The van der Waals surface area contributed by atoms with Crippen molar-refractivity contribution in [1.29, 1.82) is 0 Å². The fourth-order valence-electron chi connectivity index (χ4n) is 1.61. The summed E-state index contributed by atoms with van der Waals surface area (Å²) in [6.07, 6.45) is 1.02. The molecule has 1 unspecified atom stereocenters. The molecule has 0 saturated carbocycles. The molecule has 0 amide bonds. The molecular weight excluding hydrogens is 250 g/mol. The number of sulfone groups is 1. The molecule has 0 aliphatic heterocycles. The molecule has 0 aliphatic carbocycles. The molecule has 0 aromatic heterocycles. The second-order valence-corrected chi connectivity index (χ2v) is 6.60. The number of hydrogen-bond acceptors (Lipinski definition) is 4. The average Bonchev–Trinajstić information content (AvgIpc) is 2.36. The third-order valence-electron chi connectivity index (χ3n) is 2.85. The van der Waals surface area contributed by atoms with Crippen LogP contribution < -0.4 is 5.73 Å². The van der Waals surface area contributed by atoms with Crippen LogP contribution in [-0.4, -0.2) is 20.0 Å². The monoisotopic (exact) mass is 269 g/mol. The Kier molecular flexibility index (Phi) is 5.04. The highest BCUT2D eigenvalue weighted by atomic mass is 32.2. The minimum Gasteiger partial charge on any atom is -0.324 e. The zero-order chi connectivity index (χ0) is 13.8. The first kappa shape index (κ1) is 14.9. The van der Waals surface area contributed by atoms with Crippen molar-refractivity contribution < 1.29 is 13.2 Å². The number of rotatable bonds is 6. The predicted octanol–water partition coefficient (Wildman–Crippen LogP) is 1.85. The van der Waals surface area contributed by atoms with Gasteiger partial charge in [0.15, 0.2) is 9.84 Å². The fraction of sp³-hybridized carbons (Fsp3) is 0.462. The SMILES string of the molecule is CCS(=O)(=O)c1ccc(C(N)CCC(C)=O)cc1. The van der Waals surface area contributed by atoms with E-state index in [1.807, 2.05) is 0 Å². The van der Waals surface area contributed by atoms with E-state index in [9.17, 15) is 13.2 Å². The van der Waals surface area contributed by atoms with Crippen LogP contribution in [0, 0.1) is 0 Å². The highest BCUT2D eigenvalue weighted by Gasteiger charge is 2.12. The van der Waals surface area contributed by atoms with Gasteiger partial charge in [-0.1, -0.05) is 19.1 Å². The van der Waals surface area contributed by atoms with Crippen LogP contribution in [-0.2, 0) is 14.6 Å². The Balaban J connectivity index is 2.80. The van der Waals surface area contributed by atoms with Crippen molar-refractivity contribution in [1.82, 2.24) is 0 Å². The van der Waals surface area contributed by atoms with Crippen LogP contribution in [0.1, 0.15) is 38.3 Å². The van der Waals surface area contributed by atoms with Crippen molar-refractivity contribution in [2.45, 2.75) is 37.6 Å². The summed E-state index contributed by atoms with van der Waals surface area (Å²) in [6.45, 7) is 3.14. The van der Waals surface area contributed by atoms with Gasteiger partial charge in [0.1, 0.15) is 5.78 Å². The summed E-state index contributed by atoms with van der Waals surface area (Å²) < 4.78 is 23.2. The predicted molar refractivity (Wildman–Crippen MR) is 71.0 cm³/mol. The molecule has 2 N–H and O–H groups in total. The number of Topliss-reactive ketones (excluding diaryl/α,β-unsaturated/α-hetero) is 1. The summed E-state index contributed by atoms with van der Waals surface area (Å²) in [5.41, 5.74) is 6.79. The van der Waals surface area contributed by atoms with Gasteiger partial charge in [0, 0.05) is 12.5 Å². The number of nitrogens with two attached hydrogens (primary N) is 1. The number of benzene rings is 1. The molecule has 0 bridgehead atoms.